The summed E-state index contributed by atoms with van der Waals surface area (Å²) in [6, 6.07) is 12.6. The number of benzene rings is 2. The Morgan fingerprint density at radius 1 is 1.08 bits per heavy atom. The van der Waals surface area contributed by atoms with E-state index >= 15 is 0 Å². The molecule has 1 aliphatic heterocycles. The molecule has 2 aromatic carbocycles. The number of nitrogens with one attached hydrogen (secondary N) is 3. The Labute approximate surface area is 225 Å². The fourth-order valence-corrected chi connectivity index (χ4v) is 4.01. The Kier molecular flexibility index (Phi) is 9.56. The van der Waals surface area contributed by atoms with Gasteiger partial charge in [0.25, 0.3) is 0 Å². The number of ether oxygens (including phenoxy) is 2. The number of hydrogen-bond acceptors (Lipinski definition) is 8. The minimum Gasteiger partial charge on any atom is -0.492 e. The normalized spacial score (nSPS) is 13.6. The molecule has 11 heteroatoms. The van der Waals surface area contributed by atoms with Crippen molar-refractivity contribution >= 4 is 57.9 Å². The van der Waals surface area contributed by atoms with Gasteiger partial charge in [-0.3, -0.25) is 9.69 Å². The Balaban J connectivity index is 1.34. The quantitative estimate of drug-likeness (QED) is 0.216. The number of carbonyl (C=O) groups excluding carboxylic acids is 1. The molecule has 0 atom stereocenters. The lowest BCUT2D eigenvalue weighted by molar-refractivity contribution is -0.111. The molecule has 1 fully saturated rings. The van der Waals surface area contributed by atoms with E-state index in [0.29, 0.717) is 51.2 Å². The number of anilines is 5. The summed E-state index contributed by atoms with van der Waals surface area (Å²) in [5.41, 5.74) is 2.00. The largest absolute Gasteiger partial charge is 0.492 e. The average molecular weight is 543 g/mol. The van der Waals surface area contributed by atoms with Gasteiger partial charge in [0.15, 0.2) is 5.82 Å². The molecular formula is C26H28Cl2N6O3. The van der Waals surface area contributed by atoms with Crippen LogP contribution < -0.4 is 20.7 Å². The molecule has 1 amide bonds. The van der Waals surface area contributed by atoms with Crippen molar-refractivity contribution in [1.82, 2.24) is 14.9 Å². The summed E-state index contributed by atoms with van der Waals surface area (Å²) >= 11 is 12.8. The first-order chi connectivity index (χ1) is 18.0. The van der Waals surface area contributed by atoms with Crippen molar-refractivity contribution in [3.63, 3.8) is 0 Å². The van der Waals surface area contributed by atoms with Crippen molar-refractivity contribution in [2.45, 2.75) is 6.42 Å². The molecule has 9 nitrogen and oxygen atoms in total. The van der Waals surface area contributed by atoms with Crippen LogP contribution >= 0.6 is 23.2 Å². The van der Waals surface area contributed by atoms with Gasteiger partial charge in [0.2, 0.25) is 11.9 Å². The molecule has 0 bridgehead atoms. The maximum absolute atomic E-state index is 11.6. The summed E-state index contributed by atoms with van der Waals surface area (Å²) in [7, 11) is 0. The third-order valence-corrected chi connectivity index (χ3v) is 6.06. The van der Waals surface area contributed by atoms with Gasteiger partial charge in [0, 0.05) is 36.7 Å². The predicted molar refractivity (Wildman–Crippen MR) is 148 cm³/mol. The lowest BCUT2D eigenvalue weighted by Crippen LogP contribution is -2.37. The van der Waals surface area contributed by atoms with Gasteiger partial charge in [0.1, 0.15) is 10.8 Å². The minimum absolute atomic E-state index is 0.299. The molecule has 3 aromatic rings. The highest BCUT2D eigenvalue weighted by Crippen LogP contribution is 2.30. The number of morpholine rings is 1. The Hall–Kier alpha value is -3.37. The Bertz CT molecular complexity index is 1240. The van der Waals surface area contributed by atoms with Gasteiger partial charge in [-0.1, -0.05) is 35.8 Å². The predicted octanol–water partition coefficient (Wildman–Crippen LogP) is 5.50. The first kappa shape index (κ1) is 26.7. The van der Waals surface area contributed by atoms with Crippen molar-refractivity contribution in [2.24, 2.45) is 0 Å². The molecule has 1 saturated heterocycles. The SMILES string of the molecule is C=CC(=O)Nc1cccc(Nc2nc(Nc3ccc(OCCCN4CCOCC4)c(Cl)c3)ncc2Cl)c1. The van der Waals surface area contributed by atoms with Crippen LogP contribution in [0.25, 0.3) is 0 Å². The Morgan fingerprint density at radius 3 is 2.65 bits per heavy atom. The van der Waals surface area contributed by atoms with Gasteiger partial charge in [0.05, 0.1) is 31.0 Å². The molecule has 1 aromatic heterocycles. The lowest BCUT2D eigenvalue weighted by atomic mass is 10.2. The van der Waals surface area contributed by atoms with Gasteiger partial charge in [-0.25, -0.2) is 4.98 Å². The molecule has 0 aliphatic carbocycles. The van der Waals surface area contributed by atoms with Crippen LogP contribution in [0.3, 0.4) is 0 Å². The van der Waals surface area contributed by atoms with Crippen LogP contribution in [-0.4, -0.2) is 60.2 Å². The summed E-state index contributed by atoms with van der Waals surface area (Å²) in [5, 5.41) is 9.82. The van der Waals surface area contributed by atoms with Gasteiger partial charge < -0.3 is 25.4 Å². The number of halogens is 2. The summed E-state index contributed by atoms with van der Waals surface area (Å²) in [6.45, 7) is 8.52. The van der Waals surface area contributed by atoms with Gasteiger partial charge in [-0.05, 0) is 48.9 Å². The van der Waals surface area contributed by atoms with Gasteiger partial charge >= 0.3 is 0 Å². The highest BCUT2D eigenvalue weighted by atomic mass is 35.5. The lowest BCUT2D eigenvalue weighted by Gasteiger charge is -2.26. The van der Waals surface area contributed by atoms with E-state index in [4.69, 9.17) is 32.7 Å². The number of amides is 1. The highest BCUT2D eigenvalue weighted by molar-refractivity contribution is 6.33. The summed E-state index contributed by atoms with van der Waals surface area (Å²) < 4.78 is 11.2. The number of carbonyl (C=O) groups is 1. The smallest absolute Gasteiger partial charge is 0.247 e. The standard InChI is InChI=1S/C26H28Cl2N6O3/c1-2-24(35)30-18-5-3-6-19(15-18)31-25-22(28)17-29-26(33-25)32-20-7-8-23(21(27)16-20)37-12-4-9-34-10-13-36-14-11-34/h2-3,5-8,15-17H,1,4,9-14H2,(H,30,35)(H2,29,31,32,33). The minimum atomic E-state index is -0.299. The van der Waals surface area contributed by atoms with Gasteiger partial charge in [-0.2, -0.15) is 4.98 Å². The second-order valence-electron chi connectivity index (χ2n) is 8.22. The number of aromatic nitrogens is 2. The van der Waals surface area contributed by atoms with Crippen molar-refractivity contribution in [2.75, 3.05) is 55.4 Å². The third kappa shape index (κ3) is 8.06. The first-order valence-electron chi connectivity index (χ1n) is 11.8. The van der Waals surface area contributed by atoms with Crippen LogP contribution in [0.5, 0.6) is 5.75 Å². The number of nitrogens with zero attached hydrogens (tertiary/aromatic N) is 3. The zero-order valence-electron chi connectivity index (χ0n) is 20.2. The molecular weight excluding hydrogens is 515 g/mol. The topological polar surface area (TPSA) is 101 Å². The van der Waals surface area contributed by atoms with E-state index in [0.717, 1.165) is 39.3 Å². The molecule has 3 N–H and O–H groups in total. The monoisotopic (exact) mass is 542 g/mol. The molecule has 0 unspecified atom stereocenters. The molecule has 0 spiro atoms. The molecule has 0 radical (unpaired) electrons. The fourth-order valence-electron chi connectivity index (χ4n) is 3.64. The van der Waals surface area contributed by atoms with E-state index in [1.54, 1.807) is 24.3 Å². The van der Waals surface area contributed by atoms with Crippen molar-refractivity contribution in [1.29, 1.82) is 0 Å². The van der Waals surface area contributed by atoms with Crippen molar-refractivity contribution in [3.8, 4) is 5.75 Å². The van der Waals surface area contributed by atoms with E-state index in [1.807, 2.05) is 18.2 Å². The molecule has 2 heterocycles. The molecule has 0 saturated carbocycles. The third-order valence-electron chi connectivity index (χ3n) is 5.49. The van der Waals surface area contributed by atoms with Crippen molar-refractivity contribution in [3.05, 3.63) is 71.4 Å². The average Bonchev–Trinajstić information content (AvgIpc) is 2.90. The number of rotatable bonds is 11. The summed E-state index contributed by atoms with van der Waals surface area (Å²) in [4.78, 5) is 22.7. The van der Waals surface area contributed by atoms with Crippen LogP contribution in [0, 0.1) is 0 Å². The van der Waals surface area contributed by atoms with Crippen LogP contribution in [0.4, 0.5) is 28.8 Å². The zero-order chi connectivity index (χ0) is 26.0. The van der Waals surface area contributed by atoms with Crippen LogP contribution in [0.1, 0.15) is 6.42 Å². The Morgan fingerprint density at radius 2 is 1.86 bits per heavy atom. The molecule has 4 rings (SSSR count). The first-order valence-corrected chi connectivity index (χ1v) is 12.6. The van der Waals surface area contributed by atoms with E-state index in [1.165, 1.54) is 12.3 Å². The van der Waals surface area contributed by atoms with E-state index in [-0.39, 0.29) is 5.91 Å². The second kappa shape index (κ2) is 13.3. The van der Waals surface area contributed by atoms with E-state index in [9.17, 15) is 4.79 Å². The van der Waals surface area contributed by atoms with E-state index < -0.39 is 0 Å². The zero-order valence-corrected chi connectivity index (χ0v) is 21.7. The van der Waals surface area contributed by atoms with Gasteiger partial charge in [-0.15, -0.1) is 0 Å². The molecule has 1 aliphatic rings. The second-order valence-corrected chi connectivity index (χ2v) is 9.03. The number of hydrogen-bond donors (Lipinski definition) is 3. The highest BCUT2D eigenvalue weighted by Gasteiger charge is 2.11. The molecule has 37 heavy (non-hydrogen) atoms. The fraction of sp³-hybridized carbons (Fsp3) is 0.269. The van der Waals surface area contributed by atoms with Crippen LogP contribution in [0.15, 0.2) is 61.3 Å². The molecule has 194 valence electrons. The maximum Gasteiger partial charge on any atom is 0.247 e. The summed E-state index contributed by atoms with van der Waals surface area (Å²) in [6.07, 6.45) is 3.61. The summed E-state index contributed by atoms with van der Waals surface area (Å²) in [5.74, 6) is 1.06. The van der Waals surface area contributed by atoms with E-state index in [2.05, 4.69) is 37.4 Å². The van der Waals surface area contributed by atoms with Crippen molar-refractivity contribution < 1.29 is 14.3 Å². The maximum atomic E-state index is 11.6. The van der Waals surface area contributed by atoms with Crippen LogP contribution in [-0.2, 0) is 9.53 Å². The van der Waals surface area contributed by atoms with Crippen LogP contribution in [0.2, 0.25) is 10.0 Å².